The van der Waals surface area contributed by atoms with Crippen LogP contribution >= 0.6 is 15.9 Å². The minimum Gasteiger partial charge on any atom is -0.391 e. The second-order valence-corrected chi connectivity index (χ2v) is 7.64. The van der Waals surface area contributed by atoms with E-state index in [2.05, 4.69) is 28.9 Å². The fraction of sp³-hybridized carbons (Fsp3) is 0.500. The van der Waals surface area contributed by atoms with Gasteiger partial charge >= 0.3 is 8.56 Å². The van der Waals surface area contributed by atoms with Crippen molar-refractivity contribution < 1.29 is 8.85 Å². The molecule has 0 saturated carbocycles. The van der Waals surface area contributed by atoms with E-state index in [4.69, 9.17) is 8.85 Å². The van der Waals surface area contributed by atoms with Crippen molar-refractivity contribution in [3.8, 4) is 0 Å². The summed E-state index contributed by atoms with van der Waals surface area (Å²) < 4.78 is 13.0. The van der Waals surface area contributed by atoms with Crippen molar-refractivity contribution in [3.63, 3.8) is 0 Å². The lowest BCUT2D eigenvalue weighted by atomic mass is 10.4. The summed E-state index contributed by atoms with van der Waals surface area (Å²) in [5, 5.41) is 1.20. The molecule has 0 heterocycles. The fourth-order valence-electron chi connectivity index (χ4n) is 1.83. The molecular formula is C12H19BrO2Si. The Balaban J connectivity index is 3.13. The van der Waals surface area contributed by atoms with E-state index in [1.165, 1.54) is 5.19 Å². The molecule has 1 aromatic carbocycles. The molecule has 0 spiro atoms. The van der Waals surface area contributed by atoms with E-state index < -0.39 is 8.56 Å². The molecule has 0 atom stereocenters. The smallest absolute Gasteiger partial charge is 0.373 e. The minimum absolute atomic E-state index is 0.696. The Morgan fingerprint density at radius 3 is 2.06 bits per heavy atom. The highest BCUT2D eigenvalue weighted by Gasteiger charge is 2.39. The largest absolute Gasteiger partial charge is 0.391 e. The van der Waals surface area contributed by atoms with E-state index >= 15 is 0 Å². The summed E-state index contributed by atoms with van der Waals surface area (Å²) in [4.78, 5) is 0. The SMILES string of the molecule is CCO[Si](CC)(OCC)c1ccccc1Br. The Labute approximate surface area is 107 Å². The van der Waals surface area contributed by atoms with E-state index in [1.807, 2.05) is 32.0 Å². The van der Waals surface area contributed by atoms with E-state index in [0.717, 1.165) is 10.5 Å². The molecule has 4 heteroatoms. The first kappa shape index (κ1) is 13.9. The Morgan fingerprint density at radius 1 is 1.06 bits per heavy atom. The molecule has 0 unspecified atom stereocenters. The third-order valence-corrected chi connectivity index (χ3v) is 7.26. The van der Waals surface area contributed by atoms with Gasteiger partial charge in [-0.3, -0.25) is 0 Å². The van der Waals surface area contributed by atoms with Crippen LogP contribution in [-0.2, 0) is 8.85 Å². The zero-order chi connectivity index (χ0) is 12.0. The summed E-state index contributed by atoms with van der Waals surface area (Å²) in [6.07, 6.45) is 0. The third kappa shape index (κ3) is 2.94. The molecule has 0 aliphatic heterocycles. The second kappa shape index (κ2) is 6.54. The number of halogens is 1. The normalized spacial score (nSPS) is 11.8. The van der Waals surface area contributed by atoms with Gasteiger partial charge in [0.15, 0.2) is 0 Å². The highest BCUT2D eigenvalue weighted by Crippen LogP contribution is 2.19. The second-order valence-electron chi connectivity index (χ2n) is 3.45. The van der Waals surface area contributed by atoms with Gasteiger partial charge in [0.2, 0.25) is 0 Å². The van der Waals surface area contributed by atoms with Crippen molar-refractivity contribution in [1.29, 1.82) is 0 Å². The molecule has 90 valence electrons. The molecule has 0 amide bonds. The molecule has 0 fully saturated rings. The first-order valence-electron chi connectivity index (χ1n) is 5.73. The molecule has 0 aliphatic rings. The summed E-state index contributed by atoms with van der Waals surface area (Å²) >= 11 is 3.59. The van der Waals surface area contributed by atoms with Crippen molar-refractivity contribution in [2.45, 2.75) is 26.8 Å². The molecular weight excluding hydrogens is 284 g/mol. The van der Waals surface area contributed by atoms with Gasteiger partial charge in [0.1, 0.15) is 0 Å². The number of hydrogen-bond acceptors (Lipinski definition) is 2. The van der Waals surface area contributed by atoms with Crippen LogP contribution < -0.4 is 5.19 Å². The van der Waals surface area contributed by atoms with E-state index in [-0.39, 0.29) is 0 Å². The Hall–Kier alpha value is -0.163. The van der Waals surface area contributed by atoms with Crippen LogP contribution in [-0.4, -0.2) is 21.8 Å². The summed E-state index contributed by atoms with van der Waals surface area (Å²) in [5.41, 5.74) is 0. The van der Waals surface area contributed by atoms with E-state index in [9.17, 15) is 0 Å². The molecule has 1 rings (SSSR count). The summed E-state index contributed by atoms with van der Waals surface area (Å²) in [5.74, 6) is 0. The van der Waals surface area contributed by atoms with Gasteiger partial charge in [-0.15, -0.1) is 0 Å². The highest BCUT2D eigenvalue weighted by atomic mass is 79.9. The topological polar surface area (TPSA) is 18.5 Å². The van der Waals surface area contributed by atoms with Crippen molar-refractivity contribution >= 4 is 29.7 Å². The lowest BCUT2D eigenvalue weighted by Gasteiger charge is -2.30. The van der Waals surface area contributed by atoms with Gasteiger partial charge in [-0.05, 0) is 26.0 Å². The van der Waals surface area contributed by atoms with Crippen LogP contribution in [0.2, 0.25) is 6.04 Å². The monoisotopic (exact) mass is 302 g/mol. The molecule has 0 N–H and O–H groups in total. The van der Waals surface area contributed by atoms with Gasteiger partial charge in [0.25, 0.3) is 0 Å². The average Bonchev–Trinajstić information content (AvgIpc) is 2.29. The molecule has 0 saturated heterocycles. The predicted molar refractivity (Wildman–Crippen MR) is 73.3 cm³/mol. The van der Waals surface area contributed by atoms with Gasteiger partial charge in [0.05, 0.1) is 0 Å². The Kier molecular flexibility index (Phi) is 5.68. The lowest BCUT2D eigenvalue weighted by molar-refractivity contribution is 0.197. The predicted octanol–water partition coefficient (Wildman–Crippen LogP) is 3.19. The first-order valence-corrected chi connectivity index (χ1v) is 8.54. The lowest BCUT2D eigenvalue weighted by Crippen LogP contribution is -2.54. The van der Waals surface area contributed by atoms with Crippen LogP contribution in [0.3, 0.4) is 0 Å². The zero-order valence-electron chi connectivity index (χ0n) is 10.1. The van der Waals surface area contributed by atoms with Gasteiger partial charge in [0, 0.05) is 22.9 Å². The maximum absolute atomic E-state index is 5.97. The minimum atomic E-state index is -2.24. The van der Waals surface area contributed by atoms with Crippen molar-refractivity contribution in [3.05, 3.63) is 28.7 Å². The summed E-state index contributed by atoms with van der Waals surface area (Å²) in [6, 6.07) is 9.13. The van der Waals surface area contributed by atoms with Crippen LogP contribution in [0.1, 0.15) is 20.8 Å². The van der Waals surface area contributed by atoms with Crippen LogP contribution in [0.15, 0.2) is 28.7 Å². The molecule has 1 aromatic rings. The van der Waals surface area contributed by atoms with E-state index in [0.29, 0.717) is 13.2 Å². The average molecular weight is 303 g/mol. The summed E-state index contributed by atoms with van der Waals surface area (Å²) in [7, 11) is -2.24. The van der Waals surface area contributed by atoms with Crippen LogP contribution in [0.5, 0.6) is 0 Å². The molecule has 0 radical (unpaired) electrons. The first-order chi connectivity index (χ1) is 7.70. The van der Waals surface area contributed by atoms with Gasteiger partial charge in [-0.2, -0.15) is 0 Å². The van der Waals surface area contributed by atoms with Crippen LogP contribution in [0.4, 0.5) is 0 Å². The van der Waals surface area contributed by atoms with Crippen molar-refractivity contribution in [2.75, 3.05) is 13.2 Å². The molecule has 16 heavy (non-hydrogen) atoms. The fourth-order valence-corrected chi connectivity index (χ4v) is 5.93. The Morgan fingerprint density at radius 2 is 1.62 bits per heavy atom. The quantitative estimate of drug-likeness (QED) is 0.751. The third-order valence-electron chi connectivity index (χ3n) is 2.50. The maximum atomic E-state index is 5.97. The van der Waals surface area contributed by atoms with Crippen molar-refractivity contribution in [2.24, 2.45) is 0 Å². The van der Waals surface area contributed by atoms with Gasteiger partial charge in [-0.1, -0.05) is 41.1 Å². The van der Waals surface area contributed by atoms with E-state index in [1.54, 1.807) is 0 Å². The summed E-state index contributed by atoms with van der Waals surface area (Å²) in [6.45, 7) is 7.57. The zero-order valence-corrected chi connectivity index (χ0v) is 12.7. The molecule has 0 aromatic heterocycles. The van der Waals surface area contributed by atoms with Crippen molar-refractivity contribution in [1.82, 2.24) is 0 Å². The number of hydrogen-bond donors (Lipinski definition) is 0. The number of rotatable bonds is 6. The Bertz CT molecular complexity index is 325. The van der Waals surface area contributed by atoms with Gasteiger partial charge in [-0.25, -0.2) is 0 Å². The highest BCUT2D eigenvalue weighted by molar-refractivity contribution is 9.10. The van der Waals surface area contributed by atoms with Gasteiger partial charge < -0.3 is 8.85 Å². The number of benzene rings is 1. The molecule has 0 bridgehead atoms. The standard InChI is InChI=1S/C12H19BrO2Si/c1-4-14-16(6-3,15-5-2)12-10-8-7-9-11(12)13/h7-10H,4-6H2,1-3H3. The van der Waals surface area contributed by atoms with Crippen LogP contribution in [0.25, 0.3) is 0 Å². The van der Waals surface area contributed by atoms with Crippen LogP contribution in [0, 0.1) is 0 Å². The maximum Gasteiger partial charge on any atom is 0.373 e. The molecule has 0 aliphatic carbocycles. The molecule has 2 nitrogen and oxygen atoms in total.